The van der Waals surface area contributed by atoms with Crippen molar-refractivity contribution in [1.29, 1.82) is 0 Å². The maximum atomic E-state index is 13.3. The van der Waals surface area contributed by atoms with E-state index in [4.69, 9.17) is 16.3 Å². The summed E-state index contributed by atoms with van der Waals surface area (Å²) in [6.07, 6.45) is 1.37. The van der Waals surface area contributed by atoms with Gasteiger partial charge in [-0.2, -0.15) is 0 Å². The van der Waals surface area contributed by atoms with Crippen LogP contribution in [-0.4, -0.2) is 27.0 Å². The number of sulfonamides is 1. The van der Waals surface area contributed by atoms with E-state index in [1.54, 1.807) is 24.3 Å². The molecule has 0 fully saturated rings. The van der Waals surface area contributed by atoms with Gasteiger partial charge in [-0.1, -0.05) is 37.1 Å². The van der Waals surface area contributed by atoms with Crippen molar-refractivity contribution in [1.82, 2.24) is 0 Å². The second kappa shape index (κ2) is 8.37. The minimum absolute atomic E-state index is 0.0769. The molecule has 0 aromatic heterocycles. The van der Waals surface area contributed by atoms with E-state index in [1.807, 2.05) is 6.92 Å². The largest absolute Gasteiger partial charge is 0.495 e. The van der Waals surface area contributed by atoms with Crippen LogP contribution in [0.3, 0.4) is 0 Å². The number of nitro groups is 1. The van der Waals surface area contributed by atoms with Crippen LogP contribution >= 0.6 is 11.6 Å². The first-order valence-corrected chi connectivity index (χ1v) is 9.74. The molecule has 0 atom stereocenters. The number of ether oxygens (including phenoxy) is 1. The number of hydrogen-bond acceptors (Lipinski definition) is 5. The molecule has 0 heterocycles. The van der Waals surface area contributed by atoms with Crippen LogP contribution in [0.4, 0.5) is 11.4 Å². The molecule has 0 saturated carbocycles. The van der Waals surface area contributed by atoms with Crippen LogP contribution < -0.4 is 9.04 Å². The molecular weight excluding hydrogens is 380 g/mol. The van der Waals surface area contributed by atoms with Crippen molar-refractivity contribution in [3.05, 3.63) is 57.6 Å². The Hall–Kier alpha value is -2.32. The van der Waals surface area contributed by atoms with Gasteiger partial charge in [-0.25, -0.2) is 8.42 Å². The van der Waals surface area contributed by atoms with E-state index < -0.39 is 14.9 Å². The maximum Gasteiger partial charge on any atom is 0.270 e. The number of para-hydroxylation sites is 2. The first-order valence-electron chi connectivity index (χ1n) is 7.92. The molecule has 0 saturated heterocycles. The predicted molar refractivity (Wildman–Crippen MR) is 101 cm³/mol. The SMILES string of the molecule is CCCCN(c1ccccc1OC)S(=O)(=O)c1cc([N+](=O)[O-])ccc1Cl. The van der Waals surface area contributed by atoms with E-state index in [1.165, 1.54) is 23.5 Å². The molecule has 0 unspecified atom stereocenters. The standard InChI is InChI=1S/C17H19ClN2O5S/c1-3-4-11-19(15-7-5-6-8-16(15)25-2)26(23,24)17-12-13(20(21)22)9-10-14(17)18/h5-10,12H,3-4,11H2,1-2H3. The Morgan fingerprint density at radius 1 is 1.23 bits per heavy atom. The lowest BCUT2D eigenvalue weighted by molar-refractivity contribution is -0.385. The van der Waals surface area contributed by atoms with Crippen LogP contribution in [0.1, 0.15) is 19.8 Å². The Morgan fingerprint density at radius 2 is 1.92 bits per heavy atom. The van der Waals surface area contributed by atoms with Crippen molar-refractivity contribution in [2.24, 2.45) is 0 Å². The third kappa shape index (κ3) is 4.08. The molecule has 0 spiro atoms. The van der Waals surface area contributed by atoms with Gasteiger partial charge in [0.25, 0.3) is 15.7 Å². The Balaban J connectivity index is 2.64. The van der Waals surface area contributed by atoms with Crippen LogP contribution in [0, 0.1) is 10.1 Å². The summed E-state index contributed by atoms with van der Waals surface area (Å²) in [5.74, 6) is 0.383. The molecule has 7 nitrogen and oxygen atoms in total. The number of anilines is 1. The van der Waals surface area contributed by atoms with E-state index in [9.17, 15) is 18.5 Å². The highest BCUT2D eigenvalue weighted by Gasteiger charge is 2.30. The number of non-ortho nitro benzene ring substituents is 1. The van der Waals surface area contributed by atoms with Crippen LogP contribution in [0.2, 0.25) is 5.02 Å². The molecule has 0 aliphatic carbocycles. The number of methoxy groups -OCH3 is 1. The number of rotatable bonds is 8. The lowest BCUT2D eigenvalue weighted by Crippen LogP contribution is -2.32. The Labute approximate surface area is 157 Å². The van der Waals surface area contributed by atoms with Gasteiger partial charge in [0.15, 0.2) is 0 Å². The smallest absolute Gasteiger partial charge is 0.270 e. The summed E-state index contributed by atoms with van der Waals surface area (Å²) in [7, 11) is -2.68. The minimum Gasteiger partial charge on any atom is -0.495 e. The van der Waals surface area contributed by atoms with E-state index in [2.05, 4.69) is 0 Å². The highest BCUT2D eigenvalue weighted by atomic mass is 35.5. The summed E-state index contributed by atoms with van der Waals surface area (Å²) >= 11 is 6.06. The molecular formula is C17H19ClN2O5S. The molecule has 0 radical (unpaired) electrons. The normalized spacial score (nSPS) is 11.2. The van der Waals surface area contributed by atoms with Gasteiger partial charge in [0.2, 0.25) is 0 Å². The van der Waals surface area contributed by atoms with Crippen molar-refractivity contribution in [3.63, 3.8) is 0 Å². The average molecular weight is 399 g/mol. The maximum absolute atomic E-state index is 13.3. The Morgan fingerprint density at radius 3 is 2.54 bits per heavy atom. The van der Waals surface area contributed by atoms with Gasteiger partial charge in [-0.05, 0) is 24.6 Å². The highest BCUT2D eigenvalue weighted by molar-refractivity contribution is 7.93. The fourth-order valence-corrected chi connectivity index (χ4v) is 4.44. The zero-order valence-corrected chi connectivity index (χ0v) is 16.0. The lowest BCUT2D eigenvalue weighted by Gasteiger charge is -2.26. The van der Waals surface area contributed by atoms with Gasteiger partial charge in [0.1, 0.15) is 10.6 Å². The summed E-state index contributed by atoms with van der Waals surface area (Å²) in [6, 6.07) is 10.1. The molecule has 140 valence electrons. The van der Waals surface area contributed by atoms with Gasteiger partial charge in [-0.15, -0.1) is 0 Å². The molecule has 0 amide bonds. The number of hydrogen-bond donors (Lipinski definition) is 0. The average Bonchev–Trinajstić information content (AvgIpc) is 2.62. The summed E-state index contributed by atoms with van der Waals surface area (Å²) in [5, 5.41) is 11.0. The third-order valence-electron chi connectivity index (χ3n) is 3.76. The molecule has 0 N–H and O–H groups in total. The van der Waals surface area contributed by atoms with Crippen molar-refractivity contribution in [2.45, 2.75) is 24.7 Å². The number of unbranched alkanes of at least 4 members (excludes halogenated alkanes) is 1. The van der Waals surface area contributed by atoms with Gasteiger partial charge in [0.05, 0.1) is 22.7 Å². The topological polar surface area (TPSA) is 89.8 Å². The predicted octanol–water partition coefficient (Wildman–Crippen LogP) is 4.25. The zero-order chi connectivity index (χ0) is 19.3. The lowest BCUT2D eigenvalue weighted by atomic mass is 10.2. The Kier molecular flexibility index (Phi) is 6.44. The summed E-state index contributed by atoms with van der Waals surface area (Å²) in [5.41, 5.74) is 0.00876. The van der Waals surface area contributed by atoms with E-state index in [-0.39, 0.29) is 22.2 Å². The van der Waals surface area contributed by atoms with Crippen LogP contribution in [0.5, 0.6) is 5.75 Å². The number of halogens is 1. The molecule has 26 heavy (non-hydrogen) atoms. The molecule has 0 aliphatic rings. The van der Waals surface area contributed by atoms with Gasteiger partial charge < -0.3 is 4.74 Å². The fraction of sp³-hybridized carbons (Fsp3) is 0.294. The molecule has 9 heteroatoms. The second-order valence-corrected chi connectivity index (χ2v) is 7.71. The molecule has 2 aromatic rings. The number of benzene rings is 2. The van der Waals surface area contributed by atoms with Crippen molar-refractivity contribution < 1.29 is 18.1 Å². The number of nitrogens with zero attached hydrogens (tertiary/aromatic N) is 2. The first kappa shape index (κ1) is 20.0. The summed E-state index contributed by atoms with van der Waals surface area (Å²) in [4.78, 5) is 10.1. The Bertz CT molecular complexity index is 902. The zero-order valence-electron chi connectivity index (χ0n) is 14.4. The molecule has 0 bridgehead atoms. The van der Waals surface area contributed by atoms with Crippen LogP contribution in [0.15, 0.2) is 47.4 Å². The van der Waals surface area contributed by atoms with Gasteiger partial charge in [0, 0.05) is 18.7 Å². The quantitative estimate of drug-likeness (QED) is 0.489. The molecule has 2 rings (SSSR count). The van der Waals surface area contributed by atoms with Gasteiger partial charge >= 0.3 is 0 Å². The van der Waals surface area contributed by atoms with Crippen LogP contribution in [0.25, 0.3) is 0 Å². The second-order valence-electron chi connectivity index (χ2n) is 5.47. The van der Waals surface area contributed by atoms with E-state index in [0.717, 1.165) is 12.5 Å². The van der Waals surface area contributed by atoms with Crippen molar-refractivity contribution in [3.8, 4) is 5.75 Å². The van der Waals surface area contributed by atoms with Crippen molar-refractivity contribution in [2.75, 3.05) is 18.0 Å². The van der Waals surface area contributed by atoms with Gasteiger partial charge in [-0.3, -0.25) is 14.4 Å². The van der Waals surface area contributed by atoms with E-state index in [0.29, 0.717) is 17.9 Å². The van der Waals surface area contributed by atoms with Crippen LogP contribution in [-0.2, 0) is 10.0 Å². The highest BCUT2D eigenvalue weighted by Crippen LogP contribution is 2.35. The minimum atomic E-state index is -4.13. The fourth-order valence-electron chi connectivity index (χ4n) is 2.43. The van der Waals surface area contributed by atoms with E-state index >= 15 is 0 Å². The van der Waals surface area contributed by atoms with Crippen molar-refractivity contribution >= 4 is 33.0 Å². The number of nitro benzene ring substituents is 1. The molecule has 2 aromatic carbocycles. The summed E-state index contributed by atoms with van der Waals surface area (Å²) < 4.78 is 33.0. The monoisotopic (exact) mass is 398 g/mol. The molecule has 0 aliphatic heterocycles. The summed E-state index contributed by atoms with van der Waals surface area (Å²) in [6.45, 7) is 2.13. The third-order valence-corrected chi connectivity index (χ3v) is 6.06. The first-order chi connectivity index (χ1) is 12.3.